The molecule has 1 heterocycles. The quantitative estimate of drug-likeness (QED) is 0.873. The van der Waals surface area contributed by atoms with Crippen molar-refractivity contribution in [3.8, 4) is 5.75 Å². The SMILES string of the molecule is CCNCc1cccc(COc2cc(Cl)ccc2Cl)n1. The molecule has 1 aromatic carbocycles. The highest BCUT2D eigenvalue weighted by atomic mass is 35.5. The van der Waals surface area contributed by atoms with E-state index in [1.807, 2.05) is 18.2 Å². The van der Waals surface area contributed by atoms with Crippen molar-refractivity contribution in [1.82, 2.24) is 10.3 Å². The van der Waals surface area contributed by atoms with Crippen LogP contribution in [0.15, 0.2) is 36.4 Å². The molecule has 2 rings (SSSR count). The minimum Gasteiger partial charge on any atom is -0.486 e. The van der Waals surface area contributed by atoms with E-state index in [-0.39, 0.29) is 0 Å². The number of ether oxygens (including phenoxy) is 1. The summed E-state index contributed by atoms with van der Waals surface area (Å²) < 4.78 is 5.66. The van der Waals surface area contributed by atoms with Crippen LogP contribution in [0.1, 0.15) is 18.3 Å². The Morgan fingerprint density at radius 3 is 2.75 bits per heavy atom. The first-order chi connectivity index (χ1) is 9.69. The molecule has 0 aliphatic carbocycles. The lowest BCUT2D eigenvalue weighted by molar-refractivity contribution is 0.301. The molecule has 5 heteroatoms. The van der Waals surface area contributed by atoms with Gasteiger partial charge < -0.3 is 10.1 Å². The van der Waals surface area contributed by atoms with E-state index in [1.165, 1.54) is 0 Å². The van der Waals surface area contributed by atoms with E-state index >= 15 is 0 Å². The highest BCUT2D eigenvalue weighted by Crippen LogP contribution is 2.28. The minimum atomic E-state index is 0.361. The van der Waals surface area contributed by atoms with E-state index in [9.17, 15) is 0 Å². The molecule has 20 heavy (non-hydrogen) atoms. The number of nitrogens with one attached hydrogen (secondary N) is 1. The highest BCUT2D eigenvalue weighted by molar-refractivity contribution is 6.34. The number of aromatic nitrogens is 1. The van der Waals surface area contributed by atoms with Crippen LogP contribution in [0.25, 0.3) is 0 Å². The summed E-state index contributed by atoms with van der Waals surface area (Å²) in [7, 11) is 0. The van der Waals surface area contributed by atoms with Gasteiger partial charge in [0.1, 0.15) is 12.4 Å². The van der Waals surface area contributed by atoms with Gasteiger partial charge in [0.2, 0.25) is 0 Å². The van der Waals surface area contributed by atoms with E-state index in [4.69, 9.17) is 27.9 Å². The molecule has 0 saturated carbocycles. The maximum absolute atomic E-state index is 6.05. The molecular formula is C15H16Cl2N2O. The third kappa shape index (κ3) is 4.37. The van der Waals surface area contributed by atoms with Crippen molar-refractivity contribution < 1.29 is 4.74 Å². The van der Waals surface area contributed by atoms with Crippen LogP contribution in [0.4, 0.5) is 0 Å². The predicted octanol–water partition coefficient (Wildman–Crippen LogP) is 4.08. The van der Waals surface area contributed by atoms with Gasteiger partial charge in [-0.1, -0.05) is 36.2 Å². The van der Waals surface area contributed by atoms with Gasteiger partial charge in [0.25, 0.3) is 0 Å². The van der Waals surface area contributed by atoms with Crippen LogP contribution in [0.3, 0.4) is 0 Å². The van der Waals surface area contributed by atoms with Gasteiger partial charge in [0, 0.05) is 17.6 Å². The standard InChI is InChI=1S/C15H16Cl2N2O/c1-2-18-9-12-4-3-5-13(19-12)10-20-15-8-11(16)6-7-14(15)17/h3-8,18H,2,9-10H2,1H3. The number of hydrogen-bond acceptors (Lipinski definition) is 3. The summed E-state index contributed by atoms with van der Waals surface area (Å²) >= 11 is 12.0. The van der Waals surface area contributed by atoms with E-state index in [1.54, 1.807) is 18.2 Å². The second-order valence-corrected chi connectivity index (χ2v) is 5.11. The molecule has 0 fully saturated rings. The molecule has 3 nitrogen and oxygen atoms in total. The fourth-order valence-corrected chi connectivity index (χ4v) is 2.03. The molecule has 0 aliphatic rings. The molecule has 0 saturated heterocycles. The van der Waals surface area contributed by atoms with Gasteiger partial charge in [-0.3, -0.25) is 4.98 Å². The second-order valence-electron chi connectivity index (χ2n) is 4.26. The normalized spacial score (nSPS) is 10.6. The third-order valence-electron chi connectivity index (χ3n) is 2.69. The molecule has 0 bridgehead atoms. The van der Waals surface area contributed by atoms with Crippen molar-refractivity contribution in [2.45, 2.75) is 20.1 Å². The summed E-state index contributed by atoms with van der Waals surface area (Å²) in [6, 6.07) is 11.0. The van der Waals surface area contributed by atoms with Gasteiger partial charge in [0.05, 0.1) is 16.4 Å². The Morgan fingerprint density at radius 2 is 1.95 bits per heavy atom. The Bertz CT molecular complexity index is 576. The van der Waals surface area contributed by atoms with Gasteiger partial charge in [0.15, 0.2) is 0 Å². The number of nitrogens with zero attached hydrogens (tertiary/aromatic N) is 1. The molecule has 0 amide bonds. The molecule has 2 aromatic rings. The number of pyridine rings is 1. The Morgan fingerprint density at radius 1 is 1.15 bits per heavy atom. The van der Waals surface area contributed by atoms with Crippen molar-refractivity contribution in [2.24, 2.45) is 0 Å². The predicted molar refractivity (Wildman–Crippen MR) is 82.4 cm³/mol. The summed E-state index contributed by atoms with van der Waals surface area (Å²) in [5, 5.41) is 4.38. The third-order valence-corrected chi connectivity index (χ3v) is 3.24. The lowest BCUT2D eigenvalue weighted by Crippen LogP contribution is -2.13. The zero-order valence-electron chi connectivity index (χ0n) is 11.2. The number of benzene rings is 1. The fourth-order valence-electron chi connectivity index (χ4n) is 1.70. The van der Waals surface area contributed by atoms with Gasteiger partial charge >= 0.3 is 0 Å². The van der Waals surface area contributed by atoms with E-state index < -0.39 is 0 Å². The molecule has 0 aliphatic heterocycles. The maximum Gasteiger partial charge on any atom is 0.139 e. The first kappa shape index (κ1) is 15.1. The topological polar surface area (TPSA) is 34.1 Å². The molecule has 0 atom stereocenters. The van der Waals surface area contributed by atoms with Gasteiger partial charge in [-0.2, -0.15) is 0 Å². The van der Waals surface area contributed by atoms with Crippen molar-refractivity contribution in [3.05, 3.63) is 57.8 Å². The molecule has 0 radical (unpaired) electrons. The lowest BCUT2D eigenvalue weighted by atomic mass is 10.3. The monoisotopic (exact) mass is 310 g/mol. The summed E-state index contributed by atoms with van der Waals surface area (Å²) in [5.74, 6) is 0.568. The second kappa shape index (κ2) is 7.48. The average molecular weight is 311 g/mol. The van der Waals surface area contributed by atoms with Gasteiger partial charge in [-0.05, 0) is 30.8 Å². The largest absolute Gasteiger partial charge is 0.486 e. The molecule has 106 valence electrons. The van der Waals surface area contributed by atoms with E-state index in [2.05, 4.69) is 17.2 Å². The van der Waals surface area contributed by atoms with Crippen LogP contribution in [0.2, 0.25) is 10.0 Å². The smallest absolute Gasteiger partial charge is 0.139 e. The Balaban J connectivity index is 2.01. The summed E-state index contributed by atoms with van der Waals surface area (Å²) in [5.41, 5.74) is 1.85. The summed E-state index contributed by atoms with van der Waals surface area (Å²) in [6.07, 6.45) is 0. The fraction of sp³-hybridized carbons (Fsp3) is 0.267. The van der Waals surface area contributed by atoms with Crippen LogP contribution in [-0.4, -0.2) is 11.5 Å². The molecule has 0 spiro atoms. The van der Waals surface area contributed by atoms with Crippen LogP contribution in [0, 0.1) is 0 Å². The van der Waals surface area contributed by atoms with Crippen molar-refractivity contribution >= 4 is 23.2 Å². The highest BCUT2D eigenvalue weighted by Gasteiger charge is 2.04. The van der Waals surface area contributed by atoms with Crippen LogP contribution in [0.5, 0.6) is 5.75 Å². The van der Waals surface area contributed by atoms with Crippen LogP contribution in [-0.2, 0) is 13.2 Å². The Hall–Kier alpha value is -1.29. The van der Waals surface area contributed by atoms with Crippen LogP contribution < -0.4 is 10.1 Å². The molecule has 1 aromatic heterocycles. The lowest BCUT2D eigenvalue weighted by Gasteiger charge is -2.09. The minimum absolute atomic E-state index is 0.361. The summed E-state index contributed by atoms with van der Waals surface area (Å²) in [4.78, 5) is 4.51. The zero-order chi connectivity index (χ0) is 14.4. The Labute approximate surface area is 128 Å². The average Bonchev–Trinajstić information content (AvgIpc) is 2.46. The van der Waals surface area contributed by atoms with Crippen molar-refractivity contribution in [1.29, 1.82) is 0 Å². The van der Waals surface area contributed by atoms with E-state index in [0.717, 1.165) is 24.5 Å². The molecule has 0 unspecified atom stereocenters. The van der Waals surface area contributed by atoms with Crippen LogP contribution >= 0.6 is 23.2 Å². The molecule has 1 N–H and O–H groups in total. The first-order valence-corrected chi connectivity index (χ1v) is 7.18. The maximum atomic E-state index is 6.05. The van der Waals surface area contributed by atoms with Crippen molar-refractivity contribution in [2.75, 3.05) is 6.54 Å². The Kier molecular flexibility index (Phi) is 5.65. The summed E-state index contributed by atoms with van der Waals surface area (Å²) in [6.45, 7) is 4.09. The number of rotatable bonds is 6. The number of halogens is 2. The molecular weight excluding hydrogens is 295 g/mol. The number of hydrogen-bond donors (Lipinski definition) is 1. The first-order valence-electron chi connectivity index (χ1n) is 6.42. The van der Waals surface area contributed by atoms with Crippen molar-refractivity contribution in [3.63, 3.8) is 0 Å². The van der Waals surface area contributed by atoms with E-state index in [0.29, 0.717) is 22.4 Å². The zero-order valence-corrected chi connectivity index (χ0v) is 12.7. The van der Waals surface area contributed by atoms with Gasteiger partial charge in [-0.25, -0.2) is 0 Å². The van der Waals surface area contributed by atoms with Gasteiger partial charge in [-0.15, -0.1) is 0 Å².